The van der Waals surface area contributed by atoms with Crippen molar-refractivity contribution in [2.45, 2.75) is 27.2 Å². The van der Waals surface area contributed by atoms with Gasteiger partial charge in [0.05, 0.1) is 0 Å². The Labute approximate surface area is 109 Å². The largest absolute Gasteiger partial charge is 0.354 e. The Morgan fingerprint density at radius 3 is 2.67 bits per heavy atom. The first kappa shape index (κ1) is 14.4. The lowest BCUT2D eigenvalue weighted by Crippen LogP contribution is -2.25. The van der Waals surface area contributed by atoms with Gasteiger partial charge in [0.2, 0.25) is 5.95 Å². The van der Waals surface area contributed by atoms with Crippen molar-refractivity contribution >= 4 is 5.95 Å². The highest BCUT2D eigenvalue weighted by atomic mass is 15.1. The van der Waals surface area contributed by atoms with E-state index in [0.717, 1.165) is 38.3 Å². The first-order valence-corrected chi connectivity index (χ1v) is 6.41. The molecule has 0 spiro atoms. The normalized spacial score (nSPS) is 10.4. The van der Waals surface area contributed by atoms with Crippen molar-refractivity contribution in [2.75, 3.05) is 31.5 Å². The second kappa shape index (κ2) is 7.62. The number of aromatic nitrogens is 2. The average molecular weight is 247 g/mol. The third-order valence-corrected chi connectivity index (χ3v) is 2.80. The van der Waals surface area contributed by atoms with E-state index < -0.39 is 0 Å². The summed E-state index contributed by atoms with van der Waals surface area (Å²) < 4.78 is 0. The number of aryl methyl sites for hydroxylation is 1. The maximum absolute atomic E-state index is 8.82. The quantitative estimate of drug-likeness (QED) is 0.744. The summed E-state index contributed by atoms with van der Waals surface area (Å²) in [6.07, 6.45) is 1.04. The van der Waals surface area contributed by atoms with E-state index >= 15 is 0 Å². The van der Waals surface area contributed by atoms with E-state index in [2.05, 4.69) is 34.0 Å². The van der Waals surface area contributed by atoms with Gasteiger partial charge in [0.1, 0.15) is 11.8 Å². The van der Waals surface area contributed by atoms with E-state index in [9.17, 15) is 0 Å². The van der Waals surface area contributed by atoms with Gasteiger partial charge in [-0.25, -0.2) is 9.97 Å². The van der Waals surface area contributed by atoms with Crippen molar-refractivity contribution in [3.8, 4) is 6.07 Å². The van der Waals surface area contributed by atoms with Crippen LogP contribution in [-0.2, 0) is 0 Å². The van der Waals surface area contributed by atoms with Crippen molar-refractivity contribution < 1.29 is 0 Å². The minimum Gasteiger partial charge on any atom is -0.354 e. The van der Waals surface area contributed by atoms with E-state index in [1.54, 1.807) is 6.07 Å². The molecule has 5 nitrogen and oxygen atoms in total. The Morgan fingerprint density at radius 2 is 2.06 bits per heavy atom. The first-order valence-electron chi connectivity index (χ1n) is 6.41. The third-order valence-electron chi connectivity index (χ3n) is 2.80. The van der Waals surface area contributed by atoms with E-state index in [1.807, 2.05) is 13.0 Å². The van der Waals surface area contributed by atoms with Crippen LogP contribution in [0.5, 0.6) is 0 Å². The van der Waals surface area contributed by atoms with Crippen molar-refractivity contribution in [1.82, 2.24) is 14.9 Å². The summed E-state index contributed by atoms with van der Waals surface area (Å²) in [5.74, 6) is 0.547. The van der Waals surface area contributed by atoms with Crippen molar-refractivity contribution in [2.24, 2.45) is 0 Å². The maximum atomic E-state index is 8.82. The van der Waals surface area contributed by atoms with Gasteiger partial charge in [0, 0.05) is 12.2 Å². The van der Waals surface area contributed by atoms with Crippen LogP contribution in [0.1, 0.15) is 31.7 Å². The average Bonchev–Trinajstić information content (AvgIpc) is 2.38. The van der Waals surface area contributed by atoms with Crippen LogP contribution in [0.15, 0.2) is 6.07 Å². The lowest BCUT2D eigenvalue weighted by molar-refractivity contribution is 0.303. The molecular weight excluding hydrogens is 226 g/mol. The van der Waals surface area contributed by atoms with Gasteiger partial charge in [-0.05, 0) is 39.0 Å². The van der Waals surface area contributed by atoms with Crippen molar-refractivity contribution in [3.63, 3.8) is 0 Å². The number of hydrogen-bond donors (Lipinski definition) is 1. The zero-order valence-electron chi connectivity index (χ0n) is 11.4. The summed E-state index contributed by atoms with van der Waals surface area (Å²) in [7, 11) is 0. The minimum absolute atomic E-state index is 0.411. The molecule has 0 aliphatic carbocycles. The SMILES string of the molecule is CCN(CC)CCCNc1nc(C)cc(C#N)n1. The zero-order chi connectivity index (χ0) is 13.4. The van der Waals surface area contributed by atoms with Gasteiger partial charge >= 0.3 is 0 Å². The van der Waals surface area contributed by atoms with Crippen LogP contribution < -0.4 is 5.32 Å². The highest BCUT2D eigenvalue weighted by Crippen LogP contribution is 2.03. The summed E-state index contributed by atoms with van der Waals surface area (Å²) in [5, 5.41) is 12.0. The Balaban J connectivity index is 2.40. The van der Waals surface area contributed by atoms with Crippen molar-refractivity contribution in [3.05, 3.63) is 17.5 Å². The number of rotatable bonds is 7. The Bertz CT molecular complexity index is 406. The van der Waals surface area contributed by atoms with E-state index in [0.29, 0.717) is 11.6 Å². The molecule has 1 heterocycles. The minimum atomic E-state index is 0.411. The fourth-order valence-electron chi connectivity index (χ4n) is 1.75. The highest BCUT2D eigenvalue weighted by Gasteiger charge is 2.02. The molecule has 0 atom stereocenters. The monoisotopic (exact) mass is 247 g/mol. The fourth-order valence-corrected chi connectivity index (χ4v) is 1.75. The van der Waals surface area contributed by atoms with Gasteiger partial charge in [0.25, 0.3) is 0 Å². The van der Waals surface area contributed by atoms with Gasteiger partial charge in [-0.3, -0.25) is 0 Å². The Kier molecular flexibility index (Phi) is 6.09. The lowest BCUT2D eigenvalue weighted by atomic mass is 10.3. The van der Waals surface area contributed by atoms with Gasteiger partial charge in [-0.1, -0.05) is 13.8 Å². The molecule has 98 valence electrons. The number of nitriles is 1. The molecule has 0 unspecified atom stereocenters. The molecule has 0 radical (unpaired) electrons. The van der Waals surface area contributed by atoms with E-state index in [1.165, 1.54) is 0 Å². The summed E-state index contributed by atoms with van der Waals surface area (Å²) in [4.78, 5) is 10.7. The van der Waals surface area contributed by atoms with Gasteiger partial charge in [-0.15, -0.1) is 0 Å². The molecule has 1 rings (SSSR count). The second-order valence-corrected chi connectivity index (χ2v) is 4.14. The summed E-state index contributed by atoms with van der Waals surface area (Å²) in [6, 6.07) is 3.72. The van der Waals surface area contributed by atoms with Gasteiger partial charge < -0.3 is 10.2 Å². The van der Waals surface area contributed by atoms with Crippen LogP contribution in [-0.4, -0.2) is 41.0 Å². The number of nitrogens with one attached hydrogen (secondary N) is 1. The van der Waals surface area contributed by atoms with Crippen LogP contribution in [0, 0.1) is 18.3 Å². The molecule has 1 aromatic rings. The zero-order valence-corrected chi connectivity index (χ0v) is 11.4. The number of anilines is 1. The Morgan fingerprint density at radius 1 is 1.33 bits per heavy atom. The number of nitrogens with zero attached hydrogens (tertiary/aromatic N) is 4. The van der Waals surface area contributed by atoms with Crippen molar-refractivity contribution in [1.29, 1.82) is 5.26 Å². The molecule has 5 heteroatoms. The topological polar surface area (TPSA) is 64.8 Å². The molecule has 0 aliphatic heterocycles. The molecule has 0 amide bonds. The predicted molar refractivity (Wildman–Crippen MR) is 72.4 cm³/mol. The highest BCUT2D eigenvalue weighted by molar-refractivity contribution is 5.32. The van der Waals surface area contributed by atoms with Crippen LogP contribution >= 0.6 is 0 Å². The standard InChI is InChI=1S/C13H21N5/c1-4-18(5-2)8-6-7-15-13-16-11(3)9-12(10-14)17-13/h9H,4-8H2,1-3H3,(H,15,16,17). The van der Waals surface area contributed by atoms with E-state index in [-0.39, 0.29) is 0 Å². The maximum Gasteiger partial charge on any atom is 0.224 e. The molecule has 0 bridgehead atoms. The van der Waals surface area contributed by atoms with Crippen LogP contribution in [0.4, 0.5) is 5.95 Å². The Hall–Kier alpha value is -1.67. The van der Waals surface area contributed by atoms with E-state index in [4.69, 9.17) is 5.26 Å². The fraction of sp³-hybridized carbons (Fsp3) is 0.615. The summed E-state index contributed by atoms with van der Waals surface area (Å²) in [5.41, 5.74) is 1.22. The smallest absolute Gasteiger partial charge is 0.224 e. The van der Waals surface area contributed by atoms with Crippen LogP contribution in [0.25, 0.3) is 0 Å². The van der Waals surface area contributed by atoms with Gasteiger partial charge in [0.15, 0.2) is 0 Å². The molecule has 1 N–H and O–H groups in total. The lowest BCUT2D eigenvalue weighted by Gasteiger charge is -2.17. The summed E-state index contributed by atoms with van der Waals surface area (Å²) >= 11 is 0. The number of hydrogen-bond acceptors (Lipinski definition) is 5. The molecule has 1 aromatic heterocycles. The molecule has 0 saturated heterocycles. The molecule has 18 heavy (non-hydrogen) atoms. The third kappa shape index (κ3) is 4.68. The summed E-state index contributed by atoms with van der Waals surface area (Å²) in [6.45, 7) is 10.2. The van der Waals surface area contributed by atoms with Crippen LogP contribution in [0.2, 0.25) is 0 Å². The first-order chi connectivity index (χ1) is 8.69. The predicted octanol–water partition coefficient (Wildman–Crippen LogP) is 1.80. The molecule has 0 saturated carbocycles. The molecule has 0 aromatic carbocycles. The molecule has 0 fully saturated rings. The molecule has 0 aliphatic rings. The molecular formula is C13H21N5. The van der Waals surface area contributed by atoms with Gasteiger partial charge in [-0.2, -0.15) is 5.26 Å². The second-order valence-electron chi connectivity index (χ2n) is 4.14. The van der Waals surface area contributed by atoms with Crippen LogP contribution in [0.3, 0.4) is 0 Å².